The van der Waals surface area contributed by atoms with E-state index in [1.807, 2.05) is 0 Å². The van der Waals surface area contributed by atoms with E-state index in [2.05, 4.69) is 5.32 Å². The van der Waals surface area contributed by atoms with Crippen molar-refractivity contribution in [2.45, 2.75) is 25.7 Å². The molecule has 1 aromatic carbocycles. The molecular formula is C12H15ClN2O3. The molecule has 1 aromatic rings. The fourth-order valence-electron chi connectivity index (χ4n) is 1.42. The van der Waals surface area contributed by atoms with Crippen LogP contribution >= 0.6 is 11.6 Å². The molecule has 0 saturated carbocycles. The van der Waals surface area contributed by atoms with Gasteiger partial charge in [-0.2, -0.15) is 0 Å². The first kappa shape index (κ1) is 14.5. The lowest BCUT2D eigenvalue weighted by Gasteiger charge is -2.05. The molecule has 0 radical (unpaired) electrons. The maximum atomic E-state index is 11.5. The summed E-state index contributed by atoms with van der Waals surface area (Å²) in [5.41, 5.74) is 2.20. The van der Waals surface area contributed by atoms with Gasteiger partial charge in [0.1, 0.15) is 0 Å². The van der Waals surface area contributed by atoms with Crippen molar-refractivity contribution < 1.29 is 14.8 Å². The standard InChI is InChI=1S/C12H15ClN2O3/c13-9-4-3-5-10(8-9)14-11(16)6-1-2-7-12(17)15-18/h3-5,8,18H,1-2,6-7H2,(H,14,16)(H,15,17). The molecule has 0 unspecified atom stereocenters. The third-order valence-corrected chi connectivity index (χ3v) is 2.53. The van der Waals surface area contributed by atoms with E-state index >= 15 is 0 Å². The van der Waals surface area contributed by atoms with Gasteiger partial charge in [0.2, 0.25) is 11.8 Å². The maximum Gasteiger partial charge on any atom is 0.243 e. The molecule has 0 atom stereocenters. The number of hydrogen-bond donors (Lipinski definition) is 3. The lowest BCUT2D eigenvalue weighted by Crippen LogP contribution is -2.18. The van der Waals surface area contributed by atoms with Gasteiger partial charge in [0.15, 0.2) is 0 Å². The predicted octanol–water partition coefficient (Wildman–Crippen LogP) is 2.34. The molecule has 1 rings (SSSR count). The number of anilines is 1. The van der Waals surface area contributed by atoms with E-state index in [1.165, 1.54) is 0 Å². The number of nitrogens with one attached hydrogen (secondary N) is 2. The van der Waals surface area contributed by atoms with Crippen molar-refractivity contribution in [1.82, 2.24) is 5.48 Å². The van der Waals surface area contributed by atoms with E-state index in [-0.39, 0.29) is 12.3 Å². The Kier molecular flexibility index (Phi) is 6.18. The number of unbranched alkanes of at least 4 members (excludes halogenated alkanes) is 1. The third-order valence-electron chi connectivity index (χ3n) is 2.29. The molecule has 0 spiro atoms. The monoisotopic (exact) mass is 270 g/mol. The number of amides is 2. The van der Waals surface area contributed by atoms with Crippen LogP contribution in [0, 0.1) is 0 Å². The predicted molar refractivity (Wildman–Crippen MR) is 68.5 cm³/mol. The molecular weight excluding hydrogens is 256 g/mol. The molecule has 2 amide bonds. The summed E-state index contributed by atoms with van der Waals surface area (Å²) >= 11 is 5.79. The van der Waals surface area contributed by atoms with Crippen molar-refractivity contribution >= 4 is 29.1 Å². The summed E-state index contributed by atoms with van der Waals surface area (Å²) in [6, 6.07) is 6.90. The summed E-state index contributed by atoms with van der Waals surface area (Å²) in [6.45, 7) is 0. The average molecular weight is 271 g/mol. The topological polar surface area (TPSA) is 78.4 Å². The Morgan fingerprint density at radius 3 is 2.44 bits per heavy atom. The number of hydrogen-bond acceptors (Lipinski definition) is 3. The first-order valence-corrected chi connectivity index (χ1v) is 5.98. The number of benzene rings is 1. The second kappa shape index (κ2) is 7.68. The Balaban J connectivity index is 2.24. The number of carbonyl (C=O) groups excluding carboxylic acids is 2. The fourth-order valence-corrected chi connectivity index (χ4v) is 1.61. The SMILES string of the molecule is O=C(CCCCC(=O)Nc1cccc(Cl)c1)NO. The van der Waals surface area contributed by atoms with Crippen molar-refractivity contribution in [3.8, 4) is 0 Å². The summed E-state index contributed by atoms with van der Waals surface area (Å²) in [5, 5.41) is 11.5. The van der Waals surface area contributed by atoms with Crippen molar-refractivity contribution in [3.63, 3.8) is 0 Å². The molecule has 0 aliphatic heterocycles. The van der Waals surface area contributed by atoms with E-state index in [4.69, 9.17) is 16.8 Å². The van der Waals surface area contributed by atoms with Crippen LogP contribution in [0.2, 0.25) is 5.02 Å². The Bertz CT molecular complexity index is 424. The summed E-state index contributed by atoms with van der Waals surface area (Å²) in [6.07, 6.45) is 1.67. The van der Waals surface area contributed by atoms with Crippen molar-refractivity contribution in [3.05, 3.63) is 29.3 Å². The molecule has 0 aliphatic rings. The first-order chi connectivity index (χ1) is 8.61. The summed E-state index contributed by atoms with van der Waals surface area (Å²) < 4.78 is 0. The highest BCUT2D eigenvalue weighted by molar-refractivity contribution is 6.30. The van der Waals surface area contributed by atoms with Gasteiger partial charge in [0, 0.05) is 23.6 Å². The van der Waals surface area contributed by atoms with Gasteiger partial charge in [-0.15, -0.1) is 0 Å². The number of halogens is 1. The highest BCUT2D eigenvalue weighted by Gasteiger charge is 2.04. The van der Waals surface area contributed by atoms with Crippen molar-refractivity contribution in [1.29, 1.82) is 0 Å². The van der Waals surface area contributed by atoms with E-state index in [0.717, 1.165) is 0 Å². The molecule has 98 valence electrons. The van der Waals surface area contributed by atoms with Gasteiger partial charge in [-0.1, -0.05) is 17.7 Å². The van der Waals surface area contributed by atoms with Crippen LogP contribution < -0.4 is 10.8 Å². The fraction of sp³-hybridized carbons (Fsp3) is 0.333. The average Bonchev–Trinajstić information content (AvgIpc) is 2.34. The highest BCUT2D eigenvalue weighted by atomic mass is 35.5. The van der Waals surface area contributed by atoms with Crippen LogP contribution in [0.1, 0.15) is 25.7 Å². The van der Waals surface area contributed by atoms with Gasteiger partial charge < -0.3 is 5.32 Å². The van der Waals surface area contributed by atoms with Crippen LogP contribution in [0.5, 0.6) is 0 Å². The van der Waals surface area contributed by atoms with Crippen LogP contribution in [0.3, 0.4) is 0 Å². The maximum absolute atomic E-state index is 11.5. The van der Waals surface area contributed by atoms with Crippen molar-refractivity contribution in [2.75, 3.05) is 5.32 Å². The number of rotatable bonds is 6. The lowest BCUT2D eigenvalue weighted by atomic mass is 10.2. The Morgan fingerprint density at radius 1 is 1.17 bits per heavy atom. The van der Waals surface area contributed by atoms with E-state index in [0.29, 0.717) is 30.0 Å². The van der Waals surface area contributed by atoms with Crippen LogP contribution in [-0.2, 0) is 9.59 Å². The molecule has 5 nitrogen and oxygen atoms in total. The zero-order valence-corrected chi connectivity index (χ0v) is 10.5. The van der Waals surface area contributed by atoms with E-state index in [9.17, 15) is 9.59 Å². The van der Waals surface area contributed by atoms with Crippen LogP contribution in [-0.4, -0.2) is 17.0 Å². The van der Waals surface area contributed by atoms with Crippen LogP contribution in [0.4, 0.5) is 5.69 Å². The number of carbonyl (C=O) groups is 2. The Hall–Kier alpha value is -1.59. The minimum atomic E-state index is -0.440. The zero-order chi connectivity index (χ0) is 13.4. The van der Waals surface area contributed by atoms with Gasteiger partial charge in [-0.3, -0.25) is 14.8 Å². The first-order valence-electron chi connectivity index (χ1n) is 5.60. The summed E-state index contributed by atoms with van der Waals surface area (Å²) in [4.78, 5) is 22.2. The molecule has 0 heterocycles. The van der Waals surface area contributed by atoms with Gasteiger partial charge in [-0.05, 0) is 31.0 Å². The zero-order valence-electron chi connectivity index (χ0n) is 9.78. The molecule has 0 saturated heterocycles. The minimum absolute atomic E-state index is 0.123. The molecule has 18 heavy (non-hydrogen) atoms. The summed E-state index contributed by atoms with van der Waals surface area (Å²) in [7, 11) is 0. The van der Waals surface area contributed by atoms with Gasteiger partial charge in [-0.25, -0.2) is 5.48 Å². The molecule has 0 aromatic heterocycles. The van der Waals surface area contributed by atoms with E-state index < -0.39 is 5.91 Å². The normalized spacial score (nSPS) is 9.89. The Morgan fingerprint density at radius 2 is 1.83 bits per heavy atom. The minimum Gasteiger partial charge on any atom is -0.326 e. The molecule has 0 aliphatic carbocycles. The van der Waals surface area contributed by atoms with Crippen LogP contribution in [0.15, 0.2) is 24.3 Å². The second-order valence-corrected chi connectivity index (χ2v) is 4.24. The van der Waals surface area contributed by atoms with Crippen molar-refractivity contribution in [2.24, 2.45) is 0 Å². The Labute approximate surface area is 110 Å². The largest absolute Gasteiger partial charge is 0.326 e. The number of hydroxylamine groups is 1. The summed E-state index contributed by atoms with van der Waals surface area (Å²) in [5.74, 6) is -0.563. The third kappa shape index (κ3) is 5.65. The molecule has 0 fully saturated rings. The van der Waals surface area contributed by atoms with Gasteiger partial charge in [0.05, 0.1) is 0 Å². The molecule has 3 N–H and O–H groups in total. The quantitative estimate of drug-likeness (QED) is 0.422. The van der Waals surface area contributed by atoms with Crippen LogP contribution in [0.25, 0.3) is 0 Å². The van der Waals surface area contributed by atoms with E-state index in [1.54, 1.807) is 29.7 Å². The molecule has 6 heteroatoms. The smallest absolute Gasteiger partial charge is 0.243 e. The molecule has 0 bridgehead atoms. The highest BCUT2D eigenvalue weighted by Crippen LogP contribution is 2.15. The van der Waals surface area contributed by atoms with Gasteiger partial charge >= 0.3 is 0 Å². The lowest BCUT2D eigenvalue weighted by molar-refractivity contribution is -0.129. The van der Waals surface area contributed by atoms with Gasteiger partial charge in [0.25, 0.3) is 0 Å². The second-order valence-electron chi connectivity index (χ2n) is 3.80.